The fourth-order valence-corrected chi connectivity index (χ4v) is 3.67. The highest BCUT2D eigenvalue weighted by molar-refractivity contribution is 5.90. The number of rotatable bonds is 5. The SMILES string of the molecule is CC1(C)O[C@H]2O[C@H](COC(=O)c3ccccc3)[C@@](C)(OC(=O)c3ccccc3)[C@H]2O1. The molecule has 2 heterocycles. The molecule has 0 amide bonds. The molecule has 4 rings (SSSR count). The molecule has 2 aromatic carbocycles. The topological polar surface area (TPSA) is 80.3 Å². The van der Waals surface area contributed by atoms with Crippen LogP contribution in [0.25, 0.3) is 0 Å². The van der Waals surface area contributed by atoms with Crippen LogP contribution in [-0.2, 0) is 23.7 Å². The highest BCUT2D eigenvalue weighted by Crippen LogP contribution is 2.45. The molecule has 30 heavy (non-hydrogen) atoms. The van der Waals surface area contributed by atoms with Gasteiger partial charge in [0, 0.05) is 0 Å². The van der Waals surface area contributed by atoms with E-state index in [4.69, 9.17) is 23.7 Å². The zero-order chi connectivity index (χ0) is 21.4. The molecular weight excluding hydrogens is 388 g/mol. The van der Waals surface area contributed by atoms with E-state index in [9.17, 15) is 9.59 Å². The Bertz CT molecular complexity index is 912. The van der Waals surface area contributed by atoms with Gasteiger partial charge in [0.05, 0.1) is 11.1 Å². The van der Waals surface area contributed by atoms with Crippen LogP contribution < -0.4 is 0 Å². The van der Waals surface area contributed by atoms with Gasteiger partial charge in [-0.2, -0.15) is 0 Å². The van der Waals surface area contributed by atoms with Gasteiger partial charge in [-0.25, -0.2) is 9.59 Å². The van der Waals surface area contributed by atoms with Gasteiger partial charge in [-0.15, -0.1) is 0 Å². The number of fused-ring (bicyclic) bond motifs is 1. The monoisotopic (exact) mass is 412 g/mol. The zero-order valence-electron chi connectivity index (χ0n) is 17.1. The minimum Gasteiger partial charge on any atom is -0.459 e. The van der Waals surface area contributed by atoms with Crippen molar-refractivity contribution in [3.8, 4) is 0 Å². The fourth-order valence-electron chi connectivity index (χ4n) is 3.67. The van der Waals surface area contributed by atoms with E-state index in [1.165, 1.54) is 0 Å². The summed E-state index contributed by atoms with van der Waals surface area (Å²) in [5.74, 6) is -1.90. The second-order valence-corrected chi connectivity index (χ2v) is 7.95. The van der Waals surface area contributed by atoms with Crippen molar-refractivity contribution < 1.29 is 33.3 Å². The first-order valence-corrected chi connectivity index (χ1v) is 9.80. The van der Waals surface area contributed by atoms with Crippen molar-refractivity contribution in [2.45, 2.75) is 50.7 Å². The first kappa shape index (κ1) is 20.5. The highest BCUT2D eigenvalue weighted by atomic mass is 16.8. The second-order valence-electron chi connectivity index (χ2n) is 7.95. The van der Waals surface area contributed by atoms with Crippen molar-refractivity contribution in [3.05, 3.63) is 71.8 Å². The van der Waals surface area contributed by atoms with E-state index in [2.05, 4.69) is 0 Å². The van der Waals surface area contributed by atoms with Crippen molar-refractivity contribution in [1.29, 1.82) is 0 Å². The smallest absolute Gasteiger partial charge is 0.338 e. The number of hydrogen-bond donors (Lipinski definition) is 0. The number of esters is 2. The number of ether oxygens (including phenoxy) is 5. The van der Waals surface area contributed by atoms with Gasteiger partial charge in [-0.05, 0) is 45.0 Å². The average Bonchev–Trinajstić information content (AvgIpc) is 3.18. The molecule has 2 fully saturated rings. The zero-order valence-corrected chi connectivity index (χ0v) is 17.1. The van der Waals surface area contributed by atoms with Gasteiger partial charge in [0.25, 0.3) is 0 Å². The van der Waals surface area contributed by atoms with Gasteiger partial charge >= 0.3 is 11.9 Å². The van der Waals surface area contributed by atoms with Gasteiger partial charge in [-0.3, -0.25) is 0 Å². The molecule has 4 atom stereocenters. The van der Waals surface area contributed by atoms with E-state index in [0.29, 0.717) is 11.1 Å². The maximum atomic E-state index is 12.8. The normalized spacial score (nSPS) is 29.2. The van der Waals surface area contributed by atoms with E-state index in [-0.39, 0.29) is 6.61 Å². The third kappa shape index (κ3) is 3.96. The number of carbonyl (C=O) groups is 2. The maximum absolute atomic E-state index is 12.8. The lowest BCUT2D eigenvalue weighted by Crippen LogP contribution is -2.51. The van der Waals surface area contributed by atoms with E-state index in [1.54, 1.807) is 69.3 Å². The molecule has 0 spiro atoms. The standard InChI is InChI=1S/C23H24O7/c1-22(2)28-18-21(30-22)27-17(14-26-19(24)15-10-6-4-7-11-15)23(18,3)29-20(25)16-12-8-5-9-13-16/h4-13,17-18,21H,14H2,1-3H3/t17-,18+,21-,23-/m1/s1. The predicted molar refractivity (Wildman–Crippen MR) is 106 cm³/mol. The molecule has 0 unspecified atom stereocenters. The van der Waals surface area contributed by atoms with Crippen LogP contribution in [0.1, 0.15) is 41.5 Å². The summed E-state index contributed by atoms with van der Waals surface area (Å²) in [6.07, 6.45) is -2.17. The molecule has 2 aliphatic rings. The summed E-state index contributed by atoms with van der Waals surface area (Å²) >= 11 is 0. The first-order chi connectivity index (χ1) is 14.3. The third-order valence-corrected chi connectivity index (χ3v) is 5.26. The van der Waals surface area contributed by atoms with Crippen molar-refractivity contribution in [2.75, 3.05) is 6.61 Å². The van der Waals surface area contributed by atoms with Crippen LogP contribution in [-0.4, -0.2) is 48.4 Å². The maximum Gasteiger partial charge on any atom is 0.338 e. The molecule has 158 valence electrons. The Kier molecular flexibility index (Phi) is 5.36. The van der Waals surface area contributed by atoms with E-state index < -0.39 is 41.8 Å². The van der Waals surface area contributed by atoms with Crippen LogP contribution in [0.3, 0.4) is 0 Å². The summed E-state index contributed by atoms with van der Waals surface area (Å²) in [7, 11) is 0. The van der Waals surface area contributed by atoms with Crippen LogP contribution in [0, 0.1) is 0 Å². The average molecular weight is 412 g/mol. The summed E-state index contributed by atoms with van der Waals surface area (Å²) < 4.78 is 29.1. The fraction of sp³-hybridized carbons (Fsp3) is 0.391. The minimum atomic E-state index is -1.22. The van der Waals surface area contributed by atoms with E-state index >= 15 is 0 Å². The molecule has 7 heteroatoms. The molecule has 2 aromatic rings. The summed E-state index contributed by atoms with van der Waals surface area (Å²) in [5, 5.41) is 0. The van der Waals surface area contributed by atoms with Crippen LogP contribution >= 0.6 is 0 Å². The van der Waals surface area contributed by atoms with Gasteiger partial charge in [0.1, 0.15) is 12.7 Å². The van der Waals surface area contributed by atoms with Crippen molar-refractivity contribution in [3.63, 3.8) is 0 Å². The van der Waals surface area contributed by atoms with E-state index in [0.717, 1.165) is 0 Å². The van der Waals surface area contributed by atoms with Crippen molar-refractivity contribution in [2.24, 2.45) is 0 Å². The van der Waals surface area contributed by atoms with Crippen LogP contribution in [0.4, 0.5) is 0 Å². The lowest BCUT2D eigenvalue weighted by molar-refractivity contribution is -0.230. The van der Waals surface area contributed by atoms with Gasteiger partial charge in [0.15, 0.2) is 23.8 Å². The summed E-state index contributed by atoms with van der Waals surface area (Å²) in [6, 6.07) is 17.3. The second kappa shape index (κ2) is 7.83. The Balaban J connectivity index is 1.53. The largest absolute Gasteiger partial charge is 0.459 e. The summed E-state index contributed by atoms with van der Waals surface area (Å²) in [5.41, 5.74) is -0.393. The molecule has 0 saturated carbocycles. The number of carbonyl (C=O) groups excluding carboxylic acids is 2. The molecule has 0 radical (unpaired) electrons. The molecule has 7 nitrogen and oxygen atoms in total. The Morgan fingerprint density at radius 1 is 0.867 bits per heavy atom. The summed E-state index contributed by atoms with van der Waals surface area (Å²) in [6.45, 7) is 5.12. The molecular formula is C23H24O7. The lowest BCUT2D eigenvalue weighted by Gasteiger charge is -2.34. The van der Waals surface area contributed by atoms with E-state index in [1.807, 2.05) is 12.1 Å². The van der Waals surface area contributed by atoms with Gasteiger partial charge < -0.3 is 23.7 Å². The first-order valence-electron chi connectivity index (χ1n) is 9.80. The summed E-state index contributed by atoms with van der Waals surface area (Å²) in [4.78, 5) is 25.1. The van der Waals surface area contributed by atoms with Crippen molar-refractivity contribution >= 4 is 11.9 Å². The molecule has 0 bridgehead atoms. The van der Waals surface area contributed by atoms with Gasteiger partial charge in [-0.1, -0.05) is 36.4 Å². The Hall–Kier alpha value is -2.74. The number of hydrogen-bond acceptors (Lipinski definition) is 7. The molecule has 2 aliphatic heterocycles. The van der Waals surface area contributed by atoms with Crippen LogP contribution in [0.2, 0.25) is 0 Å². The molecule has 2 saturated heterocycles. The molecule has 0 aliphatic carbocycles. The number of benzene rings is 2. The quantitative estimate of drug-likeness (QED) is 0.697. The van der Waals surface area contributed by atoms with Gasteiger partial charge in [0.2, 0.25) is 0 Å². The Labute approximate surface area is 174 Å². The Morgan fingerprint density at radius 2 is 1.43 bits per heavy atom. The van der Waals surface area contributed by atoms with Crippen LogP contribution in [0.5, 0.6) is 0 Å². The third-order valence-electron chi connectivity index (χ3n) is 5.26. The minimum absolute atomic E-state index is 0.119. The predicted octanol–water partition coefficient (Wildman–Crippen LogP) is 3.34. The highest BCUT2D eigenvalue weighted by Gasteiger charge is 2.64. The van der Waals surface area contributed by atoms with Crippen molar-refractivity contribution in [1.82, 2.24) is 0 Å². The lowest BCUT2D eigenvalue weighted by atomic mass is 9.94. The van der Waals surface area contributed by atoms with Crippen LogP contribution in [0.15, 0.2) is 60.7 Å². The molecule has 0 N–H and O–H groups in total. The Morgan fingerprint density at radius 3 is 2.03 bits per heavy atom. The molecule has 0 aromatic heterocycles.